The highest BCUT2D eigenvalue weighted by atomic mass is 16.6. The van der Waals surface area contributed by atoms with Gasteiger partial charge in [0.25, 0.3) is 0 Å². The zero-order valence-corrected chi connectivity index (χ0v) is 28.9. The summed E-state index contributed by atoms with van der Waals surface area (Å²) in [5.41, 5.74) is 1.29. The Balaban J connectivity index is 1.05. The van der Waals surface area contributed by atoms with Crippen LogP contribution in [0.1, 0.15) is 111 Å². The number of carbonyl (C=O) groups is 1. The Kier molecular flexibility index (Phi) is 9.98. The van der Waals surface area contributed by atoms with Crippen molar-refractivity contribution < 1.29 is 29.6 Å². The Morgan fingerprint density at radius 3 is 2.60 bits per heavy atom. The molecule has 4 fully saturated rings. The fraction of sp³-hybridized carbons (Fsp3) is 0.811. The molecule has 1 aliphatic heterocycles. The second-order valence-corrected chi connectivity index (χ2v) is 16.4. The topological polar surface area (TPSA) is 143 Å². The summed E-state index contributed by atoms with van der Waals surface area (Å²) in [5, 5.41) is 32.2. The van der Waals surface area contributed by atoms with Crippen molar-refractivity contribution in [1.29, 1.82) is 0 Å². The Hall–Kier alpha value is -2.27. The van der Waals surface area contributed by atoms with E-state index in [4.69, 9.17) is 9.47 Å². The van der Waals surface area contributed by atoms with Crippen molar-refractivity contribution >= 4 is 11.9 Å². The number of anilines is 1. The molecule has 0 spiro atoms. The number of nitrogens with zero attached hydrogens (tertiary/aromatic N) is 2. The van der Waals surface area contributed by atoms with E-state index in [0.29, 0.717) is 11.3 Å². The van der Waals surface area contributed by atoms with E-state index in [1.54, 1.807) is 0 Å². The smallest absolute Gasteiger partial charge is 0.413 e. The van der Waals surface area contributed by atoms with Crippen molar-refractivity contribution in [2.45, 2.75) is 136 Å². The van der Waals surface area contributed by atoms with Gasteiger partial charge in [0, 0.05) is 12.6 Å². The largest absolute Gasteiger partial charge is 0.446 e. The van der Waals surface area contributed by atoms with Crippen molar-refractivity contribution in [2.75, 3.05) is 11.9 Å². The second-order valence-electron chi connectivity index (χ2n) is 16.4. The molecule has 0 aromatic carbocycles. The van der Waals surface area contributed by atoms with E-state index < -0.39 is 42.9 Å². The fourth-order valence-corrected chi connectivity index (χ4v) is 10.8. The molecule has 0 unspecified atom stereocenters. The maximum atomic E-state index is 12.9. The lowest BCUT2D eigenvalue weighted by atomic mass is 9.47. The molecular weight excluding hydrogens is 598 g/mol. The normalized spacial score (nSPS) is 40.3. The Morgan fingerprint density at radius 1 is 1.11 bits per heavy atom. The average molecular weight is 656 g/mol. The molecule has 0 radical (unpaired) electrons. The molecule has 1 amide bonds. The first-order valence-electron chi connectivity index (χ1n) is 18.2. The minimum Gasteiger partial charge on any atom is -0.446 e. The van der Waals surface area contributed by atoms with Crippen LogP contribution in [-0.4, -0.2) is 62.0 Å². The molecule has 1 aromatic rings. The van der Waals surface area contributed by atoms with E-state index >= 15 is 0 Å². The summed E-state index contributed by atoms with van der Waals surface area (Å²) in [6.45, 7) is 11.8. The van der Waals surface area contributed by atoms with Crippen LogP contribution in [0.5, 0.6) is 0 Å². The van der Waals surface area contributed by atoms with Gasteiger partial charge in [0.2, 0.25) is 0 Å². The lowest BCUT2D eigenvalue weighted by Gasteiger charge is -2.58. The molecule has 3 saturated carbocycles. The maximum Gasteiger partial charge on any atom is 0.413 e. The van der Waals surface area contributed by atoms with Gasteiger partial charge in [0.1, 0.15) is 30.2 Å². The van der Waals surface area contributed by atoms with Crippen LogP contribution in [0.25, 0.3) is 0 Å². The van der Waals surface area contributed by atoms with E-state index in [2.05, 4.69) is 51.0 Å². The number of nitrogens with one attached hydrogen (secondary N) is 1. The van der Waals surface area contributed by atoms with Gasteiger partial charge < -0.3 is 24.8 Å². The number of aromatic nitrogens is 2. The van der Waals surface area contributed by atoms with Gasteiger partial charge in [-0.1, -0.05) is 65.5 Å². The highest BCUT2D eigenvalue weighted by molar-refractivity contribution is 5.83. The highest BCUT2D eigenvalue weighted by Crippen LogP contribution is 2.67. The molecule has 262 valence electrons. The molecule has 5 aliphatic rings. The summed E-state index contributed by atoms with van der Waals surface area (Å²) in [7, 11) is 0. The third-order valence-electron chi connectivity index (χ3n) is 13.4. The van der Waals surface area contributed by atoms with Crippen molar-refractivity contribution in [2.24, 2.45) is 46.3 Å². The minimum atomic E-state index is -1.40. The van der Waals surface area contributed by atoms with E-state index in [0.717, 1.165) is 59.8 Å². The number of rotatable bonds is 9. The molecule has 10 nitrogen and oxygen atoms in total. The number of aliphatic hydroxyl groups excluding tert-OH is 3. The molecule has 4 aliphatic carbocycles. The van der Waals surface area contributed by atoms with Gasteiger partial charge in [-0.2, -0.15) is 4.98 Å². The van der Waals surface area contributed by atoms with Crippen LogP contribution in [0.3, 0.4) is 0 Å². The number of fused-ring (bicyclic) bond motifs is 5. The number of hydrogen-bond acceptors (Lipinski definition) is 8. The van der Waals surface area contributed by atoms with Gasteiger partial charge in [-0.05, 0) is 97.3 Å². The number of amides is 1. The van der Waals surface area contributed by atoms with Crippen molar-refractivity contribution in [3.8, 4) is 0 Å². The summed E-state index contributed by atoms with van der Waals surface area (Å²) < 4.78 is 12.3. The second kappa shape index (κ2) is 13.6. The van der Waals surface area contributed by atoms with Crippen LogP contribution < -0.4 is 11.0 Å². The first-order chi connectivity index (χ1) is 22.4. The van der Waals surface area contributed by atoms with Crippen LogP contribution in [0, 0.1) is 46.3 Å². The molecule has 47 heavy (non-hydrogen) atoms. The molecule has 12 atom stereocenters. The van der Waals surface area contributed by atoms with Crippen LogP contribution in [0.4, 0.5) is 10.6 Å². The van der Waals surface area contributed by atoms with Gasteiger partial charge >= 0.3 is 11.8 Å². The summed E-state index contributed by atoms with van der Waals surface area (Å²) >= 11 is 0. The third-order valence-corrected chi connectivity index (χ3v) is 13.4. The van der Waals surface area contributed by atoms with Gasteiger partial charge in [0.15, 0.2) is 6.23 Å². The Bertz CT molecular complexity index is 1380. The predicted octanol–water partition coefficient (Wildman–Crippen LogP) is 5.81. The van der Waals surface area contributed by atoms with E-state index in [1.807, 2.05) is 0 Å². The summed E-state index contributed by atoms with van der Waals surface area (Å²) in [6, 6.07) is 1.41. The molecule has 2 heterocycles. The average Bonchev–Trinajstić information content (AvgIpc) is 3.52. The quantitative estimate of drug-likeness (QED) is 0.244. The SMILES string of the molecule is CC(C)CCC[C@@H](C)[C@H]1CC[C@H]2[C@@H]3CC=C4C[C@@H](OC(=O)Nc5ccn([C@@H]6O[C@H](CO)[C@@H](O)[C@@H]6O)c(=O)n5)CC[C@]4(C)[C@H]3CC[C@]12C. The van der Waals surface area contributed by atoms with Gasteiger partial charge in [-0.3, -0.25) is 9.88 Å². The number of carbonyl (C=O) groups excluding carboxylic acids is 1. The van der Waals surface area contributed by atoms with E-state index in [-0.39, 0.29) is 17.3 Å². The Morgan fingerprint density at radius 2 is 1.89 bits per heavy atom. The molecule has 1 saturated heterocycles. The fourth-order valence-electron chi connectivity index (χ4n) is 10.8. The monoisotopic (exact) mass is 655 g/mol. The highest BCUT2D eigenvalue weighted by Gasteiger charge is 2.59. The maximum absolute atomic E-state index is 12.9. The molecule has 6 rings (SSSR count). The van der Waals surface area contributed by atoms with Crippen molar-refractivity contribution in [3.05, 3.63) is 34.4 Å². The number of hydrogen-bond donors (Lipinski definition) is 4. The standard InChI is InChI=1S/C37H57N3O7/c1-21(2)7-6-8-22(3)26-11-12-27-25-10-9-23-19-24(13-16-36(23,4)28(25)14-17-37(26,27)5)46-35(45)39-30-15-18-40(34(44)38-30)33-32(43)31(42)29(20-41)47-33/h9,15,18,21-22,24-29,31-33,41-43H,6-8,10-14,16-17,19-20H2,1-5H3,(H,38,39,44,45)/t22-,24+,25+,26-,27+,28+,29-,31-,32+,33-,36+,37-/m1/s1. The first kappa shape index (κ1) is 34.6. The van der Waals surface area contributed by atoms with Crippen LogP contribution >= 0.6 is 0 Å². The lowest BCUT2D eigenvalue weighted by Crippen LogP contribution is -2.51. The van der Waals surface area contributed by atoms with Crippen LogP contribution in [0.15, 0.2) is 28.7 Å². The first-order valence-corrected chi connectivity index (χ1v) is 18.2. The summed E-state index contributed by atoms with van der Waals surface area (Å²) in [6.07, 6.45) is 11.1. The zero-order chi connectivity index (χ0) is 33.7. The van der Waals surface area contributed by atoms with E-state index in [9.17, 15) is 24.9 Å². The lowest BCUT2D eigenvalue weighted by molar-refractivity contribution is -0.0577. The third kappa shape index (κ3) is 6.44. The summed E-state index contributed by atoms with van der Waals surface area (Å²) in [4.78, 5) is 29.5. The van der Waals surface area contributed by atoms with E-state index in [1.165, 1.54) is 62.8 Å². The minimum absolute atomic E-state index is 0.0257. The molecule has 1 aromatic heterocycles. The number of aliphatic hydroxyl groups is 3. The predicted molar refractivity (Wildman–Crippen MR) is 178 cm³/mol. The molecule has 0 bridgehead atoms. The zero-order valence-electron chi connectivity index (χ0n) is 28.9. The van der Waals surface area contributed by atoms with Crippen LogP contribution in [-0.2, 0) is 9.47 Å². The van der Waals surface area contributed by atoms with Crippen molar-refractivity contribution in [3.63, 3.8) is 0 Å². The van der Waals surface area contributed by atoms with Crippen molar-refractivity contribution in [1.82, 2.24) is 9.55 Å². The molecular formula is C37H57N3O7. The van der Waals surface area contributed by atoms with Gasteiger partial charge in [-0.25, -0.2) is 9.59 Å². The Labute approximate surface area is 279 Å². The number of allylic oxidation sites excluding steroid dienone is 1. The molecule has 10 heteroatoms. The number of ether oxygens (including phenoxy) is 2. The summed E-state index contributed by atoms with van der Waals surface area (Å²) in [5.74, 6) is 4.71. The van der Waals surface area contributed by atoms with Crippen LogP contribution in [0.2, 0.25) is 0 Å². The van der Waals surface area contributed by atoms with Gasteiger partial charge in [0.05, 0.1) is 6.61 Å². The molecule has 4 N–H and O–H groups in total. The van der Waals surface area contributed by atoms with Gasteiger partial charge in [-0.15, -0.1) is 0 Å².